The average Bonchev–Trinajstić information content (AvgIpc) is 2.84. The van der Waals surface area contributed by atoms with Crippen molar-refractivity contribution in [3.05, 3.63) is 40.8 Å². The van der Waals surface area contributed by atoms with Gasteiger partial charge in [-0.15, -0.1) is 11.3 Å². The van der Waals surface area contributed by atoms with Crippen LogP contribution in [-0.4, -0.2) is 11.6 Å². The molecule has 1 N–H and O–H groups in total. The van der Waals surface area contributed by atoms with Gasteiger partial charge in [-0.2, -0.15) is 8.78 Å². The summed E-state index contributed by atoms with van der Waals surface area (Å²) in [7, 11) is 0. The highest BCUT2D eigenvalue weighted by Gasteiger charge is 2.08. The number of anilines is 1. The molecule has 0 fully saturated rings. The van der Waals surface area contributed by atoms with E-state index in [1.165, 1.54) is 23.5 Å². The number of hydrogen-bond donors (Lipinski definition) is 1. The number of benzene rings is 1. The molecule has 1 aromatic carbocycles. The van der Waals surface area contributed by atoms with Gasteiger partial charge in [0.25, 0.3) is 0 Å². The number of ether oxygens (including phenoxy) is 1. The lowest BCUT2D eigenvalue weighted by molar-refractivity contribution is -0.0498. The van der Waals surface area contributed by atoms with Crippen molar-refractivity contribution in [3.8, 4) is 5.75 Å². The number of nitrogens with one attached hydrogen (secondary N) is 1. The van der Waals surface area contributed by atoms with E-state index in [2.05, 4.69) is 15.0 Å². The summed E-state index contributed by atoms with van der Waals surface area (Å²) in [6.07, 6.45) is 0. The Hall–Kier alpha value is -1.69. The monoisotopic (exact) mass is 270 g/mol. The third-order valence-electron chi connectivity index (χ3n) is 2.36. The van der Waals surface area contributed by atoms with Crippen molar-refractivity contribution in [2.45, 2.75) is 19.6 Å². The van der Waals surface area contributed by atoms with E-state index < -0.39 is 6.61 Å². The van der Waals surface area contributed by atoms with Gasteiger partial charge in [0.1, 0.15) is 5.75 Å². The normalized spacial score (nSPS) is 12.4. The van der Waals surface area contributed by atoms with E-state index in [9.17, 15) is 8.78 Å². The molecule has 1 aromatic heterocycles. The van der Waals surface area contributed by atoms with E-state index in [1.807, 2.05) is 12.3 Å². The first-order valence-electron chi connectivity index (χ1n) is 5.34. The molecule has 18 heavy (non-hydrogen) atoms. The summed E-state index contributed by atoms with van der Waals surface area (Å²) in [6, 6.07) is 6.46. The van der Waals surface area contributed by atoms with Gasteiger partial charge < -0.3 is 10.1 Å². The molecule has 1 heterocycles. The molecule has 2 aromatic rings. The number of nitrogens with zero attached hydrogens (tertiary/aromatic N) is 1. The van der Waals surface area contributed by atoms with Crippen LogP contribution in [-0.2, 0) is 0 Å². The van der Waals surface area contributed by atoms with Gasteiger partial charge in [0, 0.05) is 11.1 Å². The molecule has 0 aliphatic heterocycles. The first-order chi connectivity index (χ1) is 8.65. The van der Waals surface area contributed by atoms with Gasteiger partial charge in [-0.3, -0.25) is 0 Å². The Morgan fingerprint density at radius 3 is 2.56 bits per heavy atom. The zero-order chi connectivity index (χ0) is 13.0. The zero-order valence-electron chi connectivity index (χ0n) is 9.64. The molecule has 0 radical (unpaired) electrons. The summed E-state index contributed by atoms with van der Waals surface area (Å²) in [5.41, 5.74) is 3.55. The Kier molecular flexibility index (Phi) is 4.09. The largest absolute Gasteiger partial charge is 0.435 e. The minimum Gasteiger partial charge on any atom is -0.435 e. The fourth-order valence-corrected chi connectivity index (χ4v) is 2.14. The smallest absolute Gasteiger partial charge is 0.387 e. The van der Waals surface area contributed by atoms with Crippen molar-refractivity contribution in [1.29, 1.82) is 0 Å². The Morgan fingerprint density at radius 1 is 1.28 bits per heavy atom. The summed E-state index contributed by atoms with van der Waals surface area (Å²) < 4.78 is 28.2. The number of aromatic nitrogens is 1. The van der Waals surface area contributed by atoms with Crippen LogP contribution >= 0.6 is 11.3 Å². The molecular weight excluding hydrogens is 258 g/mol. The van der Waals surface area contributed by atoms with Crippen molar-refractivity contribution in [1.82, 2.24) is 4.98 Å². The second-order valence-electron chi connectivity index (χ2n) is 3.68. The molecule has 1 unspecified atom stereocenters. The van der Waals surface area contributed by atoms with E-state index in [0.717, 1.165) is 11.4 Å². The first kappa shape index (κ1) is 12.8. The van der Waals surface area contributed by atoms with Crippen LogP contribution in [0.4, 0.5) is 14.5 Å². The fourth-order valence-electron chi connectivity index (χ4n) is 1.49. The summed E-state index contributed by atoms with van der Waals surface area (Å²) in [5.74, 6) is 0.150. The maximum absolute atomic E-state index is 12.0. The average molecular weight is 270 g/mol. The summed E-state index contributed by atoms with van der Waals surface area (Å²) >= 11 is 1.53. The standard InChI is InChI=1S/C12H12F2N2OS/c1-8(11-6-18-7-15-11)16-9-2-4-10(5-3-9)17-12(13)14/h2-8,12,16H,1H3. The number of rotatable bonds is 5. The van der Waals surface area contributed by atoms with E-state index in [1.54, 1.807) is 17.6 Å². The Bertz CT molecular complexity index is 473. The van der Waals surface area contributed by atoms with Crippen LogP contribution in [0.15, 0.2) is 35.2 Å². The SMILES string of the molecule is CC(Nc1ccc(OC(F)F)cc1)c1cscn1. The molecule has 6 heteroatoms. The number of thiazole rings is 1. The molecule has 2 rings (SSSR count). The Labute approximate surface area is 107 Å². The van der Waals surface area contributed by atoms with Gasteiger partial charge in [0.2, 0.25) is 0 Å². The Morgan fingerprint density at radius 2 is 2.00 bits per heavy atom. The molecule has 0 aliphatic rings. The predicted molar refractivity (Wildman–Crippen MR) is 67.2 cm³/mol. The van der Waals surface area contributed by atoms with E-state index in [0.29, 0.717) is 0 Å². The second kappa shape index (κ2) is 5.77. The van der Waals surface area contributed by atoms with Crippen molar-refractivity contribution in [3.63, 3.8) is 0 Å². The molecule has 0 aliphatic carbocycles. The van der Waals surface area contributed by atoms with Crippen LogP contribution in [0.5, 0.6) is 5.75 Å². The molecule has 96 valence electrons. The third-order valence-corrected chi connectivity index (χ3v) is 2.96. The van der Waals surface area contributed by atoms with Crippen molar-refractivity contribution >= 4 is 17.0 Å². The highest BCUT2D eigenvalue weighted by Crippen LogP contribution is 2.22. The molecular formula is C12H12F2N2OS. The van der Waals surface area contributed by atoms with Crippen LogP contribution in [0.3, 0.4) is 0 Å². The van der Waals surface area contributed by atoms with Gasteiger partial charge in [-0.25, -0.2) is 4.98 Å². The number of hydrogen-bond acceptors (Lipinski definition) is 4. The van der Waals surface area contributed by atoms with E-state index >= 15 is 0 Å². The van der Waals surface area contributed by atoms with Gasteiger partial charge in [0.15, 0.2) is 0 Å². The van der Waals surface area contributed by atoms with Gasteiger partial charge in [-0.05, 0) is 31.2 Å². The molecule has 0 spiro atoms. The van der Waals surface area contributed by atoms with Crippen LogP contribution < -0.4 is 10.1 Å². The molecule has 3 nitrogen and oxygen atoms in total. The van der Waals surface area contributed by atoms with Gasteiger partial charge in [-0.1, -0.05) is 0 Å². The maximum Gasteiger partial charge on any atom is 0.387 e. The summed E-state index contributed by atoms with van der Waals surface area (Å²) in [6.45, 7) is -0.809. The molecule has 1 atom stereocenters. The maximum atomic E-state index is 12.0. The molecule has 0 saturated heterocycles. The van der Waals surface area contributed by atoms with Crippen LogP contribution in [0.25, 0.3) is 0 Å². The van der Waals surface area contributed by atoms with Crippen LogP contribution in [0, 0.1) is 0 Å². The van der Waals surface area contributed by atoms with Gasteiger partial charge >= 0.3 is 6.61 Å². The molecule has 0 bridgehead atoms. The van der Waals surface area contributed by atoms with E-state index in [4.69, 9.17) is 0 Å². The third kappa shape index (κ3) is 3.40. The fraction of sp³-hybridized carbons (Fsp3) is 0.250. The highest BCUT2D eigenvalue weighted by molar-refractivity contribution is 7.07. The van der Waals surface area contributed by atoms with Crippen molar-refractivity contribution < 1.29 is 13.5 Å². The van der Waals surface area contributed by atoms with Crippen LogP contribution in [0.1, 0.15) is 18.7 Å². The lowest BCUT2D eigenvalue weighted by Gasteiger charge is -2.13. The second-order valence-corrected chi connectivity index (χ2v) is 4.40. The number of halogens is 2. The zero-order valence-corrected chi connectivity index (χ0v) is 10.5. The van der Waals surface area contributed by atoms with Crippen LogP contribution in [0.2, 0.25) is 0 Å². The van der Waals surface area contributed by atoms with E-state index in [-0.39, 0.29) is 11.8 Å². The van der Waals surface area contributed by atoms with Crippen molar-refractivity contribution in [2.75, 3.05) is 5.32 Å². The highest BCUT2D eigenvalue weighted by atomic mass is 32.1. The quantitative estimate of drug-likeness (QED) is 0.894. The molecule has 0 amide bonds. The topological polar surface area (TPSA) is 34.1 Å². The minimum atomic E-state index is -2.79. The lowest BCUT2D eigenvalue weighted by atomic mass is 10.2. The lowest BCUT2D eigenvalue weighted by Crippen LogP contribution is -2.07. The first-order valence-corrected chi connectivity index (χ1v) is 6.29. The van der Waals surface area contributed by atoms with Crippen molar-refractivity contribution in [2.24, 2.45) is 0 Å². The molecule has 0 saturated carbocycles. The summed E-state index contributed by atoms with van der Waals surface area (Å²) in [4.78, 5) is 4.20. The minimum absolute atomic E-state index is 0.0677. The van der Waals surface area contributed by atoms with Gasteiger partial charge in [0.05, 0.1) is 17.2 Å². The number of alkyl halides is 2. The summed E-state index contributed by atoms with van der Waals surface area (Å²) in [5, 5.41) is 5.19. The Balaban J connectivity index is 1.98. The predicted octanol–water partition coefficient (Wildman–Crippen LogP) is 3.92.